The molecule has 1 fully saturated rings. The van der Waals surface area contributed by atoms with Crippen molar-refractivity contribution in [3.8, 4) is 0 Å². The minimum absolute atomic E-state index is 0.175. The molecule has 0 saturated carbocycles. The van der Waals surface area contributed by atoms with E-state index in [0.29, 0.717) is 11.8 Å². The van der Waals surface area contributed by atoms with Crippen LogP contribution < -0.4 is 10.5 Å². The molecule has 2 aliphatic heterocycles. The number of benzene rings is 1. The van der Waals surface area contributed by atoms with Crippen molar-refractivity contribution in [3.63, 3.8) is 0 Å². The molecule has 0 spiro atoms. The normalized spacial score (nSPS) is 26.5. The summed E-state index contributed by atoms with van der Waals surface area (Å²) in [7, 11) is 0. The fourth-order valence-electron chi connectivity index (χ4n) is 4.37. The summed E-state index contributed by atoms with van der Waals surface area (Å²) in [6.45, 7) is 6.50. The van der Waals surface area contributed by atoms with E-state index < -0.39 is 0 Å². The average molecular weight is 295 g/mol. The van der Waals surface area contributed by atoms with Crippen molar-refractivity contribution in [2.45, 2.75) is 32.4 Å². The first-order chi connectivity index (χ1) is 10.7. The minimum atomic E-state index is 0.175. The molecule has 3 heterocycles. The number of aryl methyl sites for hydroxylation is 1. The molecule has 1 unspecified atom stereocenters. The maximum Gasteiger partial charge on any atom is 0.250 e. The third-order valence-corrected chi connectivity index (χ3v) is 5.21. The summed E-state index contributed by atoms with van der Waals surface area (Å²) in [6, 6.07) is 14.6. The molecule has 0 radical (unpaired) electrons. The minimum Gasteiger partial charge on any atom is -0.330 e. The second-order valence-electron chi connectivity index (χ2n) is 7.02. The number of hydrogen-bond donors (Lipinski definition) is 1. The lowest BCUT2D eigenvalue weighted by molar-refractivity contribution is -0.924. The second-order valence-corrected chi connectivity index (χ2v) is 7.02. The van der Waals surface area contributed by atoms with Crippen molar-refractivity contribution in [2.24, 2.45) is 5.92 Å². The quantitative estimate of drug-likeness (QED) is 0.890. The van der Waals surface area contributed by atoms with Crippen LogP contribution in [0.2, 0.25) is 0 Å². The third kappa shape index (κ3) is 2.50. The molecule has 1 aromatic carbocycles. The molecule has 4 rings (SSSR count). The van der Waals surface area contributed by atoms with E-state index in [2.05, 4.69) is 37.3 Å². The Kier molecular flexibility index (Phi) is 3.38. The number of fused-ring (bicyclic) bond motifs is 4. The molecule has 2 aliphatic rings. The predicted octanol–water partition coefficient (Wildman–Crippen LogP) is 1.36. The Balaban J connectivity index is 1.57. The molecule has 22 heavy (non-hydrogen) atoms. The van der Waals surface area contributed by atoms with Crippen LogP contribution >= 0.6 is 0 Å². The molecule has 1 aromatic heterocycles. The van der Waals surface area contributed by atoms with Crippen molar-refractivity contribution >= 4 is 0 Å². The number of likely N-dealkylation sites (tertiary alicyclic amines) is 1. The van der Waals surface area contributed by atoms with E-state index in [1.54, 1.807) is 11.0 Å². The van der Waals surface area contributed by atoms with Gasteiger partial charge in [-0.25, -0.2) is 0 Å². The van der Waals surface area contributed by atoms with Gasteiger partial charge in [-0.15, -0.1) is 0 Å². The highest BCUT2D eigenvalue weighted by atomic mass is 16.1. The maximum absolute atomic E-state index is 12.1. The van der Waals surface area contributed by atoms with Crippen molar-refractivity contribution in [1.82, 2.24) is 4.57 Å². The van der Waals surface area contributed by atoms with Gasteiger partial charge in [0.05, 0.1) is 13.1 Å². The standard InChI is InChI=1S/C19H22N2O/c1-14-4-2-5-15(8-14)10-20-11-16-9-17(13-20)18-6-3-7-19(22)21(18)12-16/h2-8,16-17H,9-13H2,1H3/p+1/t16-,17+/m1/s1. The summed E-state index contributed by atoms with van der Waals surface area (Å²) in [4.78, 5) is 13.7. The topological polar surface area (TPSA) is 26.4 Å². The van der Waals surface area contributed by atoms with Gasteiger partial charge in [0, 0.05) is 35.7 Å². The smallest absolute Gasteiger partial charge is 0.250 e. The van der Waals surface area contributed by atoms with Gasteiger partial charge >= 0.3 is 0 Å². The molecule has 3 heteroatoms. The molecular formula is C19H23N2O+. The number of piperidine rings is 1. The molecule has 0 aliphatic carbocycles. The third-order valence-electron chi connectivity index (χ3n) is 5.21. The summed E-state index contributed by atoms with van der Waals surface area (Å²) >= 11 is 0. The molecule has 114 valence electrons. The number of nitrogens with zero attached hydrogens (tertiary/aromatic N) is 1. The SMILES string of the molecule is Cc1cccc(C[NH+]2C[C@H]3C[C@@H](C2)c2cccc(=O)n2C3)c1. The molecule has 0 amide bonds. The first-order valence-corrected chi connectivity index (χ1v) is 8.28. The van der Waals surface area contributed by atoms with Crippen molar-refractivity contribution < 1.29 is 4.90 Å². The van der Waals surface area contributed by atoms with Gasteiger partial charge in [-0.05, 0) is 19.4 Å². The monoisotopic (exact) mass is 295 g/mol. The Morgan fingerprint density at radius 2 is 2.05 bits per heavy atom. The number of aromatic nitrogens is 1. The summed E-state index contributed by atoms with van der Waals surface area (Å²) in [5.74, 6) is 1.19. The number of nitrogens with one attached hydrogen (secondary N) is 1. The highest BCUT2D eigenvalue weighted by Crippen LogP contribution is 2.30. The van der Waals surface area contributed by atoms with Crippen LogP contribution in [0.25, 0.3) is 0 Å². The zero-order valence-electron chi connectivity index (χ0n) is 13.1. The lowest BCUT2D eigenvalue weighted by Crippen LogP contribution is -3.13. The lowest BCUT2D eigenvalue weighted by atomic mass is 9.83. The fourth-order valence-corrected chi connectivity index (χ4v) is 4.37. The van der Waals surface area contributed by atoms with Crippen LogP contribution in [0, 0.1) is 12.8 Å². The molecular weight excluding hydrogens is 272 g/mol. The molecule has 2 aromatic rings. The van der Waals surface area contributed by atoms with Crippen molar-refractivity contribution in [3.05, 3.63) is 69.6 Å². The first kappa shape index (κ1) is 13.8. The molecule has 1 saturated heterocycles. The maximum atomic E-state index is 12.1. The zero-order chi connectivity index (χ0) is 15.1. The Hall–Kier alpha value is -1.87. The van der Waals surface area contributed by atoms with Gasteiger partial charge < -0.3 is 9.47 Å². The molecule has 3 atom stereocenters. The van der Waals surface area contributed by atoms with Crippen molar-refractivity contribution in [2.75, 3.05) is 13.1 Å². The van der Waals surface area contributed by atoms with Gasteiger partial charge in [-0.1, -0.05) is 35.9 Å². The Morgan fingerprint density at radius 1 is 1.18 bits per heavy atom. The number of quaternary nitrogens is 1. The molecule has 1 N–H and O–H groups in total. The van der Waals surface area contributed by atoms with E-state index in [1.165, 1.54) is 29.8 Å². The second kappa shape index (κ2) is 5.40. The highest BCUT2D eigenvalue weighted by Gasteiger charge is 2.36. The zero-order valence-corrected chi connectivity index (χ0v) is 13.1. The highest BCUT2D eigenvalue weighted by molar-refractivity contribution is 5.21. The largest absolute Gasteiger partial charge is 0.330 e. The first-order valence-electron chi connectivity index (χ1n) is 8.28. The van der Waals surface area contributed by atoms with Crippen LogP contribution in [0.3, 0.4) is 0 Å². The van der Waals surface area contributed by atoms with Crippen LogP contribution in [0.5, 0.6) is 0 Å². The summed E-state index contributed by atoms with van der Waals surface area (Å²) < 4.78 is 2.02. The van der Waals surface area contributed by atoms with Gasteiger partial charge in [-0.3, -0.25) is 4.79 Å². The van der Waals surface area contributed by atoms with E-state index in [9.17, 15) is 4.79 Å². The number of hydrogen-bond acceptors (Lipinski definition) is 1. The Bertz CT molecular complexity index is 749. The van der Waals surface area contributed by atoms with Gasteiger partial charge in [-0.2, -0.15) is 0 Å². The number of pyridine rings is 1. The summed E-state index contributed by atoms with van der Waals surface area (Å²) in [6.07, 6.45) is 1.25. The predicted molar refractivity (Wildman–Crippen MR) is 87.1 cm³/mol. The Labute approximate surface area is 131 Å². The van der Waals surface area contributed by atoms with Crippen LogP contribution in [-0.4, -0.2) is 17.7 Å². The van der Waals surface area contributed by atoms with Crippen LogP contribution in [0.15, 0.2) is 47.3 Å². The van der Waals surface area contributed by atoms with Gasteiger partial charge in [0.2, 0.25) is 0 Å². The van der Waals surface area contributed by atoms with Gasteiger partial charge in [0.25, 0.3) is 5.56 Å². The Morgan fingerprint density at radius 3 is 2.91 bits per heavy atom. The van der Waals surface area contributed by atoms with Gasteiger partial charge in [0.1, 0.15) is 6.54 Å². The van der Waals surface area contributed by atoms with E-state index >= 15 is 0 Å². The molecule has 2 bridgehead atoms. The van der Waals surface area contributed by atoms with E-state index in [-0.39, 0.29) is 5.56 Å². The van der Waals surface area contributed by atoms with E-state index in [4.69, 9.17) is 0 Å². The lowest BCUT2D eigenvalue weighted by Gasteiger charge is -2.40. The summed E-state index contributed by atoms with van der Waals surface area (Å²) in [5, 5.41) is 0. The fraction of sp³-hybridized carbons (Fsp3) is 0.421. The molecule has 3 nitrogen and oxygen atoms in total. The van der Waals surface area contributed by atoms with Crippen molar-refractivity contribution in [1.29, 1.82) is 0 Å². The van der Waals surface area contributed by atoms with Crippen LogP contribution in [0.1, 0.15) is 29.2 Å². The summed E-state index contributed by atoms with van der Waals surface area (Å²) in [5.41, 5.74) is 4.20. The van der Waals surface area contributed by atoms with Gasteiger partial charge in [0.15, 0.2) is 0 Å². The average Bonchev–Trinajstić information content (AvgIpc) is 2.48. The van der Waals surface area contributed by atoms with E-state index in [1.807, 2.05) is 10.6 Å². The number of rotatable bonds is 2. The van der Waals surface area contributed by atoms with E-state index in [0.717, 1.165) is 19.6 Å². The van der Waals surface area contributed by atoms with Crippen LogP contribution in [-0.2, 0) is 13.1 Å². The van der Waals surface area contributed by atoms with Crippen LogP contribution in [0.4, 0.5) is 0 Å².